The van der Waals surface area contributed by atoms with Crippen molar-refractivity contribution < 1.29 is 13.9 Å². The summed E-state index contributed by atoms with van der Waals surface area (Å²) < 4.78 is 11.3. The highest BCUT2D eigenvalue weighted by atomic mass is 35.5. The van der Waals surface area contributed by atoms with E-state index >= 15 is 0 Å². The van der Waals surface area contributed by atoms with Crippen LogP contribution in [0.1, 0.15) is 10.6 Å². The second-order valence-corrected chi connectivity index (χ2v) is 6.52. The van der Waals surface area contributed by atoms with E-state index in [4.69, 9.17) is 32.4 Å². The highest BCUT2D eigenvalue weighted by Crippen LogP contribution is 2.29. The summed E-state index contributed by atoms with van der Waals surface area (Å²) >= 11 is 12.1. The average molecular weight is 390 g/mol. The molecule has 0 unspecified atom stereocenters. The van der Waals surface area contributed by atoms with Gasteiger partial charge in [0.05, 0.1) is 11.6 Å². The summed E-state index contributed by atoms with van der Waals surface area (Å²) in [5.41, 5.74) is 0.750. The third kappa shape index (κ3) is 4.40. The Kier molecular flexibility index (Phi) is 5.86. The van der Waals surface area contributed by atoms with Crippen molar-refractivity contribution in [2.24, 2.45) is 0 Å². The summed E-state index contributed by atoms with van der Waals surface area (Å²) in [5.74, 6) is 1.25. The van der Waals surface area contributed by atoms with Gasteiger partial charge in [0.2, 0.25) is 0 Å². The highest BCUT2D eigenvalue weighted by molar-refractivity contribution is 6.33. The van der Waals surface area contributed by atoms with Crippen LogP contribution in [-0.2, 0) is 0 Å². The fourth-order valence-corrected chi connectivity index (χ4v) is 2.81. The molecule has 3 rings (SSSR count). The Morgan fingerprint density at radius 1 is 1.08 bits per heavy atom. The summed E-state index contributed by atoms with van der Waals surface area (Å²) in [6, 6.07) is 17.8. The van der Waals surface area contributed by atoms with E-state index in [0.29, 0.717) is 34.7 Å². The molecule has 134 valence electrons. The molecule has 26 heavy (non-hydrogen) atoms. The minimum absolute atomic E-state index is 0.224. The van der Waals surface area contributed by atoms with Crippen molar-refractivity contribution in [2.45, 2.75) is 0 Å². The number of nitrogens with zero attached hydrogens (tertiary/aromatic N) is 1. The first-order valence-corrected chi connectivity index (χ1v) is 8.79. The summed E-state index contributed by atoms with van der Waals surface area (Å²) in [5, 5.41) is 1.18. The zero-order valence-electron chi connectivity index (χ0n) is 14.1. The van der Waals surface area contributed by atoms with E-state index in [1.54, 1.807) is 42.3 Å². The van der Waals surface area contributed by atoms with Crippen molar-refractivity contribution in [2.75, 3.05) is 20.2 Å². The van der Waals surface area contributed by atoms with Gasteiger partial charge in [0.15, 0.2) is 5.76 Å². The molecule has 3 aromatic rings. The predicted molar refractivity (Wildman–Crippen MR) is 103 cm³/mol. The fraction of sp³-hybridized carbons (Fsp3) is 0.150. The molecule has 1 aromatic heterocycles. The van der Waals surface area contributed by atoms with Gasteiger partial charge in [-0.25, -0.2) is 0 Å². The normalized spacial score (nSPS) is 10.6. The van der Waals surface area contributed by atoms with Crippen LogP contribution in [0.25, 0.3) is 11.3 Å². The van der Waals surface area contributed by atoms with Crippen LogP contribution in [-0.4, -0.2) is 31.0 Å². The minimum Gasteiger partial charge on any atom is -0.492 e. The van der Waals surface area contributed by atoms with Crippen LogP contribution in [0.5, 0.6) is 5.75 Å². The summed E-state index contributed by atoms with van der Waals surface area (Å²) in [7, 11) is 1.70. The van der Waals surface area contributed by atoms with Gasteiger partial charge in [-0.1, -0.05) is 41.4 Å². The largest absolute Gasteiger partial charge is 0.492 e. The first kappa shape index (κ1) is 18.4. The number of rotatable bonds is 6. The van der Waals surface area contributed by atoms with Gasteiger partial charge in [-0.3, -0.25) is 4.79 Å². The zero-order valence-corrected chi connectivity index (χ0v) is 15.6. The Balaban J connectivity index is 1.59. The number of carbonyl (C=O) groups is 1. The monoisotopic (exact) mass is 389 g/mol. The highest BCUT2D eigenvalue weighted by Gasteiger charge is 2.17. The molecule has 0 saturated carbocycles. The number of benzene rings is 2. The maximum absolute atomic E-state index is 12.5. The average Bonchev–Trinajstić information content (AvgIpc) is 3.11. The second-order valence-electron chi connectivity index (χ2n) is 5.68. The third-order valence-electron chi connectivity index (χ3n) is 3.79. The molecule has 0 N–H and O–H groups in total. The van der Waals surface area contributed by atoms with Crippen LogP contribution < -0.4 is 4.74 Å². The lowest BCUT2D eigenvalue weighted by molar-refractivity contribution is 0.0743. The van der Waals surface area contributed by atoms with Crippen molar-refractivity contribution in [3.8, 4) is 17.1 Å². The van der Waals surface area contributed by atoms with Gasteiger partial charge in [0, 0.05) is 17.6 Å². The van der Waals surface area contributed by atoms with Crippen molar-refractivity contribution in [3.63, 3.8) is 0 Å². The van der Waals surface area contributed by atoms with E-state index in [2.05, 4.69) is 0 Å². The topological polar surface area (TPSA) is 42.7 Å². The van der Waals surface area contributed by atoms with Crippen molar-refractivity contribution in [1.82, 2.24) is 4.90 Å². The number of hydrogen-bond acceptors (Lipinski definition) is 3. The Morgan fingerprint density at radius 3 is 2.65 bits per heavy atom. The molecule has 0 saturated heterocycles. The van der Waals surface area contributed by atoms with Gasteiger partial charge < -0.3 is 14.1 Å². The number of amides is 1. The number of furan rings is 1. The first-order chi connectivity index (χ1) is 12.5. The molecular weight excluding hydrogens is 373 g/mol. The van der Waals surface area contributed by atoms with Crippen molar-refractivity contribution in [3.05, 3.63) is 76.5 Å². The first-order valence-electron chi connectivity index (χ1n) is 8.03. The van der Waals surface area contributed by atoms with Crippen LogP contribution in [0.4, 0.5) is 0 Å². The molecule has 1 amide bonds. The van der Waals surface area contributed by atoms with E-state index < -0.39 is 0 Å². The van der Waals surface area contributed by atoms with Gasteiger partial charge in [0.25, 0.3) is 5.91 Å². The van der Waals surface area contributed by atoms with Crippen LogP contribution >= 0.6 is 23.2 Å². The van der Waals surface area contributed by atoms with Gasteiger partial charge in [-0.05, 0) is 42.5 Å². The number of hydrogen-bond donors (Lipinski definition) is 0. The standard InChI is InChI=1S/C20H17Cl2NO3/c1-23(11-12-25-15-6-4-5-14(21)13-15)20(24)19-10-9-18(26-19)16-7-2-3-8-17(16)22/h2-10,13H,11-12H2,1H3. The molecule has 0 aliphatic carbocycles. The van der Waals surface area contributed by atoms with Crippen molar-refractivity contribution >= 4 is 29.1 Å². The Bertz CT molecular complexity index is 907. The Morgan fingerprint density at radius 2 is 1.88 bits per heavy atom. The number of likely N-dealkylation sites (N-methyl/N-ethyl adjacent to an activating group) is 1. The summed E-state index contributed by atoms with van der Waals surface area (Å²) in [4.78, 5) is 14.0. The van der Waals surface area contributed by atoms with Crippen LogP contribution in [0.15, 0.2) is 65.1 Å². The molecule has 4 nitrogen and oxygen atoms in total. The molecule has 0 spiro atoms. The van der Waals surface area contributed by atoms with E-state index in [1.165, 1.54) is 0 Å². The smallest absolute Gasteiger partial charge is 0.289 e. The van der Waals surface area contributed by atoms with E-state index in [9.17, 15) is 4.79 Å². The predicted octanol–water partition coefficient (Wildman–Crippen LogP) is 5.40. The molecule has 2 aromatic carbocycles. The lowest BCUT2D eigenvalue weighted by atomic mass is 10.2. The van der Waals surface area contributed by atoms with E-state index in [-0.39, 0.29) is 11.7 Å². The summed E-state index contributed by atoms with van der Waals surface area (Å²) in [6.45, 7) is 0.758. The molecular formula is C20H17Cl2NO3. The number of carbonyl (C=O) groups excluding carboxylic acids is 1. The molecule has 0 fully saturated rings. The van der Waals surface area contributed by atoms with Gasteiger partial charge >= 0.3 is 0 Å². The van der Waals surface area contributed by atoms with Gasteiger partial charge in [0.1, 0.15) is 18.1 Å². The molecule has 0 bridgehead atoms. The van der Waals surface area contributed by atoms with Gasteiger partial charge in [-0.15, -0.1) is 0 Å². The van der Waals surface area contributed by atoms with Crippen LogP contribution in [0, 0.1) is 0 Å². The zero-order chi connectivity index (χ0) is 18.5. The van der Waals surface area contributed by atoms with Crippen LogP contribution in [0.2, 0.25) is 10.0 Å². The van der Waals surface area contributed by atoms with Crippen molar-refractivity contribution in [1.29, 1.82) is 0 Å². The summed E-state index contributed by atoms with van der Waals surface area (Å²) in [6.07, 6.45) is 0. The Hall–Kier alpha value is -2.43. The fourth-order valence-electron chi connectivity index (χ4n) is 2.41. The maximum atomic E-state index is 12.5. The second kappa shape index (κ2) is 8.30. The lowest BCUT2D eigenvalue weighted by Gasteiger charge is -2.16. The van der Waals surface area contributed by atoms with Crippen LogP contribution in [0.3, 0.4) is 0 Å². The lowest BCUT2D eigenvalue weighted by Crippen LogP contribution is -2.30. The molecule has 1 heterocycles. The molecule has 0 aliphatic rings. The SMILES string of the molecule is CN(CCOc1cccc(Cl)c1)C(=O)c1ccc(-c2ccccc2Cl)o1. The number of ether oxygens (including phenoxy) is 1. The maximum Gasteiger partial charge on any atom is 0.289 e. The molecule has 0 radical (unpaired) electrons. The quantitative estimate of drug-likeness (QED) is 0.566. The van der Waals surface area contributed by atoms with Gasteiger partial charge in [-0.2, -0.15) is 0 Å². The molecule has 0 aliphatic heterocycles. The minimum atomic E-state index is -0.224. The van der Waals surface area contributed by atoms with E-state index in [0.717, 1.165) is 5.56 Å². The van der Waals surface area contributed by atoms with E-state index in [1.807, 2.05) is 30.3 Å². The molecule has 0 atom stereocenters. The third-order valence-corrected chi connectivity index (χ3v) is 4.36. The number of halogens is 2. The molecule has 6 heteroatoms. The Labute approximate surface area is 161 Å².